The lowest BCUT2D eigenvalue weighted by atomic mass is 10.5. The van der Waals surface area contributed by atoms with E-state index in [9.17, 15) is 4.79 Å². The number of hydrogen-bond acceptors (Lipinski definition) is 3. The summed E-state index contributed by atoms with van der Waals surface area (Å²) in [5, 5.41) is 0. The maximum absolute atomic E-state index is 11.2. The molecule has 5 N–H and O–H groups in total. The van der Waals surface area contributed by atoms with E-state index in [0.717, 1.165) is 0 Å². The van der Waals surface area contributed by atoms with Gasteiger partial charge in [0.15, 0.2) is 0 Å². The van der Waals surface area contributed by atoms with Crippen LogP contribution in [0, 0.1) is 0 Å². The molecule has 0 amide bonds. The molecule has 2 rings (SSSR count). The normalized spacial score (nSPS) is 10.7. The minimum Gasteiger partial charge on any atom is -0.382 e. The third-order valence-corrected chi connectivity index (χ3v) is 1.77. The summed E-state index contributed by atoms with van der Waals surface area (Å²) in [5.41, 5.74) is 11.3. The van der Waals surface area contributed by atoms with E-state index in [1.165, 1.54) is 0 Å². The molecule has 0 saturated heterocycles. The minimum absolute atomic E-state index is 0.198. The number of aromatic nitrogens is 2. The summed E-state index contributed by atoms with van der Waals surface area (Å²) >= 11 is 0. The monoisotopic (exact) mass is 164 g/mol. The molecule has 2 heterocycles. The van der Waals surface area contributed by atoms with E-state index in [1.807, 2.05) is 0 Å². The lowest BCUT2D eigenvalue weighted by Gasteiger charge is -2.02. The summed E-state index contributed by atoms with van der Waals surface area (Å²) in [6.07, 6.45) is 1.69. The number of anilines is 2. The fraction of sp³-hybridized carbons (Fsp3) is 0. The van der Waals surface area contributed by atoms with Crippen LogP contribution >= 0.6 is 0 Å². The lowest BCUT2D eigenvalue weighted by molar-refractivity contribution is 1.13. The fourth-order valence-corrected chi connectivity index (χ4v) is 1.16. The quantitative estimate of drug-likeness (QED) is 0.503. The fourth-order valence-electron chi connectivity index (χ4n) is 1.16. The van der Waals surface area contributed by atoms with Gasteiger partial charge in [0.1, 0.15) is 17.2 Å². The molecule has 0 unspecified atom stereocenters. The smallest absolute Gasteiger partial charge is 0.273 e. The predicted molar refractivity (Wildman–Crippen MR) is 46.8 cm³/mol. The van der Waals surface area contributed by atoms with E-state index in [4.69, 9.17) is 11.5 Å². The van der Waals surface area contributed by atoms with Crippen molar-refractivity contribution in [2.75, 3.05) is 11.5 Å². The first-order valence-corrected chi connectivity index (χ1v) is 3.44. The highest BCUT2D eigenvalue weighted by Crippen LogP contribution is 2.10. The number of hydrogen-bond donors (Lipinski definition) is 3. The number of nitrogens with two attached hydrogens (primary N) is 2. The van der Waals surface area contributed by atoms with Crippen LogP contribution in [-0.4, -0.2) is 9.38 Å². The van der Waals surface area contributed by atoms with Crippen molar-refractivity contribution < 1.29 is 0 Å². The summed E-state index contributed by atoms with van der Waals surface area (Å²) < 4.78 is 1.55. The second-order valence-electron chi connectivity index (χ2n) is 2.52. The molecule has 0 spiro atoms. The van der Waals surface area contributed by atoms with Crippen LogP contribution in [0.4, 0.5) is 11.6 Å². The van der Waals surface area contributed by atoms with E-state index in [2.05, 4.69) is 4.98 Å². The van der Waals surface area contributed by atoms with Crippen LogP contribution in [0.25, 0.3) is 5.52 Å². The van der Waals surface area contributed by atoms with Crippen molar-refractivity contribution in [3.05, 3.63) is 28.7 Å². The SMILES string of the molecule is Nc1[nH]c(=O)c2cccn2c1N. The summed E-state index contributed by atoms with van der Waals surface area (Å²) in [4.78, 5) is 13.6. The first kappa shape index (κ1) is 6.78. The zero-order valence-electron chi connectivity index (χ0n) is 6.24. The van der Waals surface area contributed by atoms with Crippen LogP contribution < -0.4 is 17.0 Å². The highest BCUT2D eigenvalue weighted by atomic mass is 16.1. The number of nitrogen functional groups attached to an aromatic ring is 2. The van der Waals surface area contributed by atoms with Crippen LogP contribution in [0.1, 0.15) is 0 Å². The van der Waals surface area contributed by atoms with Gasteiger partial charge in [-0.25, -0.2) is 0 Å². The van der Waals surface area contributed by atoms with Crippen molar-refractivity contribution in [1.82, 2.24) is 9.38 Å². The third kappa shape index (κ3) is 0.701. The number of aromatic amines is 1. The largest absolute Gasteiger partial charge is 0.382 e. The molecule has 2 aromatic heterocycles. The van der Waals surface area contributed by atoms with Crippen molar-refractivity contribution >= 4 is 17.2 Å². The number of nitrogens with zero attached hydrogens (tertiary/aromatic N) is 1. The molecule has 12 heavy (non-hydrogen) atoms. The van der Waals surface area contributed by atoms with Crippen molar-refractivity contribution in [2.24, 2.45) is 0 Å². The molecule has 62 valence electrons. The molecule has 0 aromatic carbocycles. The van der Waals surface area contributed by atoms with Crippen LogP contribution in [-0.2, 0) is 0 Å². The van der Waals surface area contributed by atoms with E-state index >= 15 is 0 Å². The van der Waals surface area contributed by atoms with Crippen molar-refractivity contribution in [3.63, 3.8) is 0 Å². The summed E-state index contributed by atoms with van der Waals surface area (Å²) in [5.74, 6) is 0.554. The Morgan fingerprint density at radius 2 is 2.17 bits per heavy atom. The van der Waals surface area contributed by atoms with Gasteiger partial charge in [-0.05, 0) is 12.1 Å². The van der Waals surface area contributed by atoms with E-state index < -0.39 is 0 Å². The van der Waals surface area contributed by atoms with Gasteiger partial charge in [0.2, 0.25) is 0 Å². The zero-order chi connectivity index (χ0) is 8.72. The van der Waals surface area contributed by atoms with E-state index in [-0.39, 0.29) is 11.4 Å². The van der Waals surface area contributed by atoms with Crippen LogP contribution in [0.3, 0.4) is 0 Å². The molecule has 0 saturated carbocycles. The van der Waals surface area contributed by atoms with Crippen molar-refractivity contribution in [3.8, 4) is 0 Å². The molecule has 0 atom stereocenters. The Bertz CT molecular complexity index is 482. The number of rotatable bonds is 0. The number of nitrogens with one attached hydrogen (secondary N) is 1. The molecule has 5 nitrogen and oxygen atoms in total. The molecule has 0 radical (unpaired) electrons. The predicted octanol–water partition coefficient (Wildman–Crippen LogP) is -0.208. The molecule has 5 heteroatoms. The van der Waals surface area contributed by atoms with Gasteiger partial charge in [-0.3, -0.25) is 9.20 Å². The summed E-state index contributed by atoms with van der Waals surface area (Å²) in [6.45, 7) is 0. The second kappa shape index (κ2) is 2.04. The highest BCUT2D eigenvalue weighted by molar-refractivity contribution is 5.61. The topological polar surface area (TPSA) is 89.3 Å². The molecule has 0 aliphatic rings. The van der Waals surface area contributed by atoms with Gasteiger partial charge in [-0.15, -0.1) is 0 Å². The van der Waals surface area contributed by atoms with Gasteiger partial charge in [0.25, 0.3) is 5.56 Å². The molecule has 0 fully saturated rings. The number of H-pyrrole nitrogens is 1. The van der Waals surface area contributed by atoms with Crippen molar-refractivity contribution in [1.29, 1.82) is 0 Å². The van der Waals surface area contributed by atoms with Crippen molar-refractivity contribution in [2.45, 2.75) is 0 Å². The van der Waals surface area contributed by atoms with E-state index in [1.54, 1.807) is 22.7 Å². The Hall–Kier alpha value is -1.91. The molecule has 0 bridgehead atoms. The Morgan fingerprint density at radius 1 is 1.42 bits per heavy atom. The standard InChI is InChI=1S/C7H8N4O/c8-5-6(9)11-3-1-2-4(11)7(12)10-5/h1-3H,8-9H2,(H,10,12). The second-order valence-corrected chi connectivity index (χ2v) is 2.52. The van der Waals surface area contributed by atoms with E-state index in [0.29, 0.717) is 11.3 Å². The minimum atomic E-state index is -0.230. The molecular formula is C7H8N4O. The Balaban J connectivity index is 3.07. The number of fused-ring (bicyclic) bond motifs is 1. The summed E-state index contributed by atoms with van der Waals surface area (Å²) in [7, 11) is 0. The first-order chi connectivity index (χ1) is 5.70. The van der Waals surface area contributed by atoms with Crippen LogP contribution in [0.2, 0.25) is 0 Å². The lowest BCUT2D eigenvalue weighted by Crippen LogP contribution is -2.15. The van der Waals surface area contributed by atoms with Gasteiger partial charge in [0, 0.05) is 6.20 Å². The van der Waals surface area contributed by atoms with Gasteiger partial charge >= 0.3 is 0 Å². The van der Waals surface area contributed by atoms with Gasteiger partial charge < -0.3 is 16.5 Å². The maximum atomic E-state index is 11.2. The zero-order valence-corrected chi connectivity index (χ0v) is 6.24. The average Bonchev–Trinajstić information content (AvgIpc) is 2.48. The van der Waals surface area contributed by atoms with Gasteiger partial charge in [0.05, 0.1) is 0 Å². The Kier molecular flexibility index (Phi) is 1.15. The van der Waals surface area contributed by atoms with Gasteiger partial charge in [-0.1, -0.05) is 0 Å². The Morgan fingerprint density at radius 3 is 2.92 bits per heavy atom. The summed E-state index contributed by atoms with van der Waals surface area (Å²) in [6, 6.07) is 3.41. The first-order valence-electron chi connectivity index (χ1n) is 3.44. The maximum Gasteiger partial charge on any atom is 0.273 e. The van der Waals surface area contributed by atoms with Crippen LogP contribution in [0.5, 0.6) is 0 Å². The Labute approximate surface area is 67.6 Å². The molecule has 2 aromatic rings. The molecule has 0 aliphatic heterocycles. The average molecular weight is 164 g/mol. The molecular weight excluding hydrogens is 156 g/mol. The third-order valence-electron chi connectivity index (χ3n) is 1.77. The van der Waals surface area contributed by atoms with Gasteiger partial charge in [-0.2, -0.15) is 0 Å². The highest BCUT2D eigenvalue weighted by Gasteiger charge is 2.03. The van der Waals surface area contributed by atoms with Crippen LogP contribution in [0.15, 0.2) is 23.1 Å². The molecule has 0 aliphatic carbocycles.